The zero-order chi connectivity index (χ0) is 24.4. The quantitative estimate of drug-likeness (QED) is 0.342. The maximum absolute atomic E-state index is 13.5. The Balaban J connectivity index is 1.67. The van der Waals surface area contributed by atoms with Crippen molar-refractivity contribution in [1.29, 1.82) is 0 Å². The molecular formula is C27H25N5O3. The van der Waals surface area contributed by atoms with E-state index in [-0.39, 0.29) is 12.0 Å². The molecule has 0 bridgehead atoms. The highest BCUT2D eigenvalue weighted by molar-refractivity contribution is 5.96. The summed E-state index contributed by atoms with van der Waals surface area (Å²) < 4.78 is 3.24. The molecule has 0 saturated carbocycles. The molecule has 3 heterocycles. The summed E-state index contributed by atoms with van der Waals surface area (Å²) in [6.07, 6.45) is 1.76. The number of rotatable bonds is 8. The fraction of sp³-hybridized carbons (Fsp3) is 0.222. The fourth-order valence-corrected chi connectivity index (χ4v) is 4.35. The molecule has 5 aromatic rings. The van der Waals surface area contributed by atoms with Crippen LogP contribution in [0.5, 0.6) is 0 Å². The molecule has 176 valence electrons. The van der Waals surface area contributed by atoms with Gasteiger partial charge in [-0.1, -0.05) is 60.7 Å². The predicted octanol–water partition coefficient (Wildman–Crippen LogP) is 4.26. The van der Waals surface area contributed by atoms with Crippen molar-refractivity contribution in [2.45, 2.75) is 39.2 Å². The Morgan fingerprint density at radius 2 is 1.69 bits per heavy atom. The van der Waals surface area contributed by atoms with Gasteiger partial charge < -0.3 is 5.11 Å². The summed E-state index contributed by atoms with van der Waals surface area (Å²) in [7, 11) is 0. The molecule has 8 nitrogen and oxygen atoms in total. The number of aromatic nitrogens is 5. The molecule has 0 fully saturated rings. The molecule has 1 N–H and O–H groups in total. The Morgan fingerprint density at radius 3 is 2.40 bits per heavy atom. The Bertz CT molecular complexity index is 1570. The minimum Gasteiger partial charge on any atom is -0.481 e. The monoisotopic (exact) mass is 467 g/mol. The largest absolute Gasteiger partial charge is 0.481 e. The van der Waals surface area contributed by atoms with E-state index < -0.39 is 5.97 Å². The van der Waals surface area contributed by atoms with Crippen LogP contribution in [0.3, 0.4) is 0 Å². The van der Waals surface area contributed by atoms with Crippen molar-refractivity contribution in [3.63, 3.8) is 0 Å². The van der Waals surface area contributed by atoms with Crippen LogP contribution in [-0.2, 0) is 17.8 Å². The fourth-order valence-electron chi connectivity index (χ4n) is 4.35. The summed E-state index contributed by atoms with van der Waals surface area (Å²) in [5.41, 5.74) is 4.29. The lowest BCUT2D eigenvalue weighted by atomic mass is 10.1. The topological polar surface area (TPSA) is 102 Å². The SMILES string of the molecule is Cc1nn(Cc2ccccc2)c(=O)c2nc(CCCCC(=O)O)n3nc(-c4ccccc4)cc3c12. The molecule has 0 spiro atoms. The zero-order valence-electron chi connectivity index (χ0n) is 19.4. The van der Waals surface area contributed by atoms with Crippen LogP contribution in [0.25, 0.3) is 27.7 Å². The Morgan fingerprint density at radius 1 is 0.971 bits per heavy atom. The van der Waals surface area contributed by atoms with E-state index >= 15 is 0 Å². The van der Waals surface area contributed by atoms with Gasteiger partial charge in [0.2, 0.25) is 0 Å². The highest BCUT2D eigenvalue weighted by Gasteiger charge is 2.19. The van der Waals surface area contributed by atoms with Gasteiger partial charge in [0.15, 0.2) is 0 Å². The summed E-state index contributed by atoms with van der Waals surface area (Å²) in [5.74, 6) is -0.188. The van der Waals surface area contributed by atoms with E-state index in [2.05, 4.69) is 5.10 Å². The zero-order valence-corrected chi connectivity index (χ0v) is 19.4. The van der Waals surface area contributed by atoms with Gasteiger partial charge in [-0.25, -0.2) is 14.2 Å². The number of nitrogens with zero attached hydrogens (tertiary/aromatic N) is 5. The van der Waals surface area contributed by atoms with Gasteiger partial charge >= 0.3 is 5.97 Å². The van der Waals surface area contributed by atoms with E-state index in [0.717, 1.165) is 22.3 Å². The molecule has 8 heteroatoms. The average molecular weight is 468 g/mol. The van der Waals surface area contributed by atoms with E-state index in [1.165, 1.54) is 4.68 Å². The number of fused-ring (bicyclic) bond motifs is 3. The molecule has 5 rings (SSSR count). The Labute approximate surface area is 201 Å². The molecule has 0 saturated heterocycles. The highest BCUT2D eigenvalue weighted by atomic mass is 16.4. The van der Waals surface area contributed by atoms with Gasteiger partial charge in [-0.3, -0.25) is 9.59 Å². The molecule has 0 unspecified atom stereocenters. The van der Waals surface area contributed by atoms with Crippen molar-refractivity contribution < 1.29 is 9.90 Å². The van der Waals surface area contributed by atoms with Crippen LogP contribution in [-0.4, -0.2) is 35.5 Å². The summed E-state index contributed by atoms with van der Waals surface area (Å²) in [4.78, 5) is 29.2. The van der Waals surface area contributed by atoms with Gasteiger partial charge in [0.25, 0.3) is 5.56 Å². The molecule has 3 aromatic heterocycles. The number of carboxylic acid groups (broad SMARTS) is 1. The van der Waals surface area contributed by atoms with Gasteiger partial charge in [-0.15, -0.1) is 0 Å². The van der Waals surface area contributed by atoms with Gasteiger partial charge in [-0.05, 0) is 31.4 Å². The number of hydrogen-bond acceptors (Lipinski definition) is 5. The van der Waals surface area contributed by atoms with E-state index in [4.69, 9.17) is 15.2 Å². The first kappa shape index (κ1) is 22.5. The minimum atomic E-state index is -0.822. The molecule has 35 heavy (non-hydrogen) atoms. The van der Waals surface area contributed by atoms with Crippen molar-refractivity contribution in [2.75, 3.05) is 0 Å². The highest BCUT2D eigenvalue weighted by Crippen LogP contribution is 2.26. The van der Waals surface area contributed by atoms with Gasteiger partial charge in [-0.2, -0.15) is 10.2 Å². The molecule has 0 amide bonds. The Hall–Kier alpha value is -4.33. The van der Waals surface area contributed by atoms with Crippen LogP contribution in [0.2, 0.25) is 0 Å². The van der Waals surface area contributed by atoms with Crippen molar-refractivity contribution in [3.8, 4) is 11.3 Å². The van der Waals surface area contributed by atoms with Gasteiger partial charge in [0.1, 0.15) is 11.3 Å². The summed E-state index contributed by atoms with van der Waals surface area (Å²) in [6.45, 7) is 2.23. The Kier molecular flexibility index (Phi) is 6.10. The lowest BCUT2D eigenvalue weighted by Gasteiger charge is -2.12. The molecule has 0 radical (unpaired) electrons. The number of unbranched alkanes of at least 4 members (excludes halogenated alkanes) is 1. The van der Waals surface area contributed by atoms with Crippen molar-refractivity contribution >= 4 is 22.4 Å². The van der Waals surface area contributed by atoms with Crippen LogP contribution in [0.4, 0.5) is 0 Å². The average Bonchev–Trinajstić information content (AvgIpc) is 3.31. The predicted molar refractivity (Wildman–Crippen MR) is 133 cm³/mol. The number of aryl methyl sites for hydroxylation is 2. The van der Waals surface area contributed by atoms with Crippen LogP contribution in [0.1, 0.15) is 36.3 Å². The second kappa shape index (κ2) is 9.50. The molecule has 0 aliphatic carbocycles. The first-order chi connectivity index (χ1) is 17.0. The summed E-state index contributed by atoms with van der Waals surface area (Å²) in [6, 6.07) is 21.5. The molecule has 2 aromatic carbocycles. The van der Waals surface area contributed by atoms with E-state index in [0.29, 0.717) is 48.2 Å². The molecule has 0 atom stereocenters. The van der Waals surface area contributed by atoms with E-state index in [1.54, 1.807) is 4.52 Å². The van der Waals surface area contributed by atoms with Crippen LogP contribution in [0.15, 0.2) is 71.5 Å². The first-order valence-corrected chi connectivity index (χ1v) is 11.6. The summed E-state index contributed by atoms with van der Waals surface area (Å²) in [5, 5.41) is 19.1. The normalized spacial score (nSPS) is 11.3. The number of hydrogen-bond donors (Lipinski definition) is 1. The smallest absolute Gasteiger partial charge is 0.303 e. The minimum absolute atomic E-state index is 0.0952. The van der Waals surface area contributed by atoms with Gasteiger partial charge in [0.05, 0.1) is 28.8 Å². The lowest BCUT2D eigenvalue weighted by molar-refractivity contribution is -0.137. The standard InChI is InChI=1S/C27H25N5O3/c1-18-25-22-16-21(20-12-6-3-7-13-20)30-32(22)23(14-8-9-15-24(33)34)28-26(25)27(35)31(29-18)17-19-10-4-2-5-11-19/h2-7,10-13,16H,8-9,14-15,17H2,1H3,(H,33,34). The molecule has 0 aliphatic rings. The van der Waals surface area contributed by atoms with Crippen LogP contribution < -0.4 is 5.56 Å². The van der Waals surface area contributed by atoms with Gasteiger partial charge in [0, 0.05) is 18.4 Å². The number of benzene rings is 2. The second-order valence-corrected chi connectivity index (χ2v) is 8.58. The summed E-state index contributed by atoms with van der Waals surface area (Å²) >= 11 is 0. The third-order valence-corrected chi connectivity index (χ3v) is 6.04. The second-order valence-electron chi connectivity index (χ2n) is 8.58. The van der Waals surface area contributed by atoms with E-state index in [9.17, 15) is 9.59 Å². The number of carbonyl (C=O) groups is 1. The van der Waals surface area contributed by atoms with Crippen molar-refractivity contribution in [2.24, 2.45) is 0 Å². The molecule has 0 aliphatic heterocycles. The third-order valence-electron chi connectivity index (χ3n) is 6.04. The van der Waals surface area contributed by atoms with Crippen LogP contribution in [0, 0.1) is 6.92 Å². The maximum Gasteiger partial charge on any atom is 0.303 e. The lowest BCUT2D eigenvalue weighted by Crippen LogP contribution is -2.26. The first-order valence-electron chi connectivity index (χ1n) is 11.6. The van der Waals surface area contributed by atoms with E-state index in [1.807, 2.05) is 73.7 Å². The van der Waals surface area contributed by atoms with Crippen molar-refractivity contribution in [3.05, 3.63) is 94.2 Å². The van der Waals surface area contributed by atoms with Crippen LogP contribution >= 0.6 is 0 Å². The third kappa shape index (κ3) is 4.55. The maximum atomic E-state index is 13.5. The van der Waals surface area contributed by atoms with Crippen molar-refractivity contribution in [1.82, 2.24) is 24.4 Å². The molecular weight excluding hydrogens is 442 g/mol. The number of carboxylic acids is 1. The number of aliphatic carboxylic acids is 1.